The summed E-state index contributed by atoms with van der Waals surface area (Å²) in [4.78, 5) is 16.0. The fraction of sp³-hybridized carbons (Fsp3) is 0.0952. The van der Waals surface area contributed by atoms with Crippen LogP contribution in [0.1, 0.15) is 10.4 Å². The second kappa shape index (κ2) is 6.44. The zero-order valence-electron chi connectivity index (χ0n) is 14.4. The quantitative estimate of drug-likeness (QED) is 0.434. The molecule has 1 N–H and O–H groups in total. The predicted molar refractivity (Wildman–Crippen MR) is 100 cm³/mol. The summed E-state index contributed by atoms with van der Waals surface area (Å²) in [5.41, 5.74) is 2.34. The van der Waals surface area contributed by atoms with Gasteiger partial charge >= 0.3 is 5.97 Å². The van der Waals surface area contributed by atoms with Crippen molar-refractivity contribution in [3.63, 3.8) is 0 Å². The summed E-state index contributed by atoms with van der Waals surface area (Å²) in [7, 11) is 3.02. The first-order chi connectivity index (χ1) is 12.7. The molecule has 0 amide bonds. The second-order valence-electron chi connectivity index (χ2n) is 5.81. The van der Waals surface area contributed by atoms with Gasteiger partial charge in [0.25, 0.3) is 0 Å². The number of carbonyl (C=O) groups is 1. The van der Waals surface area contributed by atoms with Gasteiger partial charge in [0.2, 0.25) is 0 Å². The van der Waals surface area contributed by atoms with Crippen LogP contribution in [0.5, 0.6) is 17.2 Å². The number of hydrogen-bond acceptors (Lipinski definition) is 4. The number of fused-ring (bicyclic) bond motifs is 3. The fourth-order valence-electron chi connectivity index (χ4n) is 3.10. The van der Waals surface area contributed by atoms with E-state index < -0.39 is 5.97 Å². The molecule has 0 radical (unpaired) electrons. The second-order valence-corrected chi connectivity index (χ2v) is 5.81. The minimum atomic E-state index is -0.500. The molecule has 5 nitrogen and oxygen atoms in total. The number of para-hydroxylation sites is 2. The Labute approximate surface area is 150 Å². The zero-order valence-corrected chi connectivity index (χ0v) is 14.4. The Kier molecular flexibility index (Phi) is 3.97. The molecule has 0 bridgehead atoms. The molecule has 0 aliphatic carbocycles. The van der Waals surface area contributed by atoms with Crippen molar-refractivity contribution < 1.29 is 19.0 Å². The SMILES string of the molecule is COc1cccc(C(=O)Oc2ccc3[nH]c4ccccc4c3c2)c1OC. The van der Waals surface area contributed by atoms with Crippen molar-refractivity contribution in [3.05, 3.63) is 66.2 Å². The molecule has 4 aromatic rings. The van der Waals surface area contributed by atoms with Crippen molar-refractivity contribution in [1.82, 2.24) is 4.98 Å². The number of ether oxygens (including phenoxy) is 3. The molecule has 0 unspecified atom stereocenters. The van der Waals surface area contributed by atoms with E-state index in [9.17, 15) is 4.79 Å². The van der Waals surface area contributed by atoms with Crippen LogP contribution in [0.3, 0.4) is 0 Å². The van der Waals surface area contributed by atoms with Crippen LogP contribution in [0.2, 0.25) is 0 Å². The van der Waals surface area contributed by atoms with E-state index in [1.807, 2.05) is 36.4 Å². The number of carbonyl (C=O) groups excluding carboxylic acids is 1. The van der Waals surface area contributed by atoms with Gasteiger partial charge in [-0.25, -0.2) is 4.79 Å². The minimum absolute atomic E-state index is 0.311. The highest BCUT2D eigenvalue weighted by Gasteiger charge is 2.18. The lowest BCUT2D eigenvalue weighted by atomic mass is 10.1. The van der Waals surface area contributed by atoms with Crippen LogP contribution < -0.4 is 14.2 Å². The number of aromatic nitrogens is 1. The smallest absolute Gasteiger partial charge is 0.347 e. The normalized spacial score (nSPS) is 10.8. The Morgan fingerprint density at radius 2 is 1.65 bits per heavy atom. The van der Waals surface area contributed by atoms with Crippen molar-refractivity contribution in [3.8, 4) is 17.2 Å². The van der Waals surface area contributed by atoms with Gasteiger partial charge in [-0.05, 0) is 36.4 Å². The number of hydrogen-bond donors (Lipinski definition) is 1. The maximum atomic E-state index is 12.6. The van der Waals surface area contributed by atoms with Crippen molar-refractivity contribution in [2.24, 2.45) is 0 Å². The Bertz CT molecular complexity index is 1110. The molecule has 0 saturated heterocycles. The lowest BCUT2D eigenvalue weighted by Gasteiger charge is -2.12. The maximum Gasteiger partial charge on any atom is 0.347 e. The van der Waals surface area contributed by atoms with Gasteiger partial charge in [-0.3, -0.25) is 0 Å². The Morgan fingerprint density at radius 3 is 2.46 bits per heavy atom. The van der Waals surface area contributed by atoms with Crippen molar-refractivity contribution in [2.45, 2.75) is 0 Å². The van der Waals surface area contributed by atoms with Crippen LogP contribution in [-0.2, 0) is 0 Å². The first-order valence-electron chi connectivity index (χ1n) is 8.15. The summed E-state index contributed by atoms with van der Waals surface area (Å²) >= 11 is 0. The first kappa shape index (κ1) is 16.0. The summed E-state index contributed by atoms with van der Waals surface area (Å²) in [5, 5.41) is 2.09. The molecule has 0 saturated carbocycles. The van der Waals surface area contributed by atoms with E-state index in [1.54, 1.807) is 24.3 Å². The van der Waals surface area contributed by atoms with E-state index in [4.69, 9.17) is 14.2 Å². The topological polar surface area (TPSA) is 60.5 Å². The Morgan fingerprint density at radius 1 is 0.846 bits per heavy atom. The molecule has 0 fully saturated rings. The van der Waals surface area contributed by atoms with Crippen molar-refractivity contribution in [1.29, 1.82) is 0 Å². The van der Waals surface area contributed by atoms with Gasteiger partial charge in [0.1, 0.15) is 11.3 Å². The molecule has 1 aromatic heterocycles. The molecule has 0 aliphatic heterocycles. The van der Waals surface area contributed by atoms with E-state index in [0.717, 1.165) is 21.8 Å². The minimum Gasteiger partial charge on any atom is -0.493 e. The van der Waals surface area contributed by atoms with Gasteiger partial charge in [-0.2, -0.15) is 0 Å². The average Bonchev–Trinajstić information content (AvgIpc) is 3.05. The molecule has 4 rings (SSSR count). The third kappa shape index (κ3) is 2.63. The summed E-state index contributed by atoms with van der Waals surface area (Å²) < 4.78 is 16.1. The summed E-state index contributed by atoms with van der Waals surface area (Å²) in [6.45, 7) is 0. The third-order valence-corrected chi connectivity index (χ3v) is 4.31. The highest BCUT2D eigenvalue weighted by molar-refractivity contribution is 6.07. The largest absolute Gasteiger partial charge is 0.493 e. The van der Waals surface area contributed by atoms with Crippen LogP contribution in [0.15, 0.2) is 60.7 Å². The summed E-state index contributed by atoms with van der Waals surface area (Å²) in [6.07, 6.45) is 0. The van der Waals surface area contributed by atoms with Gasteiger partial charge < -0.3 is 19.2 Å². The predicted octanol–water partition coefficient (Wildman–Crippen LogP) is 4.56. The highest BCUT2D eigenvalue weighted by Crippen LogP contribution is 2.32. The number of aromatic amines is 1. The molecule has 26 heavy (non-hydrogen) atoms. The molecule has 5 heteroatoms. The molecule has 3 aromatic carbocycles. The van der Waals surface area contributed by atoms with Gasteiger partial charge in [0.05, 0.1) is 14.2 Å². The number of esters is 1. The van der Waals surface area contributed by atoms with Crippen LogP contribution in [0.25, 0.3) is 21.8 Å². The number of benzene rings is 3. The Hall–Kier alpha value is -3.47. The molecular weight excluding hydrogens is 330 g/mol. The zero-order chi connectivity index (χ0) is 18.1. The highest BCUT2D eigenvalue weighted by atomic mass is 16.5. The Balaban J connectivity index is 1.71. The van der Waals surface area contributed by atoms with E-state index in [2.05, 4.69) is 4.98 Å². The summed E-state index contributed by atoms with van der Waals surface area (Å²) in [5.74, 6) is 0.805. The van der Waals surface area contributed by atoms with E-state index in [0.29, 0.717) is 22.8 Å². The van der Waals surface area contributed by atoms with E-state index in [1.165, 1.54) is 14.2 Å². The fourth-order valence-corrected chi connectivity index (χ4v) is 3.10. The lowest BCUT2D eigenvalue weighted by molar-refractivity contribution is 0.0731. The first-order valence-corrected chi connectivity index (χ1v) is 8.15. The molecule has 0 aliphatic rings. The van der Waals surface area contributed by atoms with Crippen molar-refractivity contribution >= 4 is 27.8 Å². The van der Waals surface area contributed by atoms with E-state index >= 15 is 0 Å². The van der Waals surface area contributed by atoms with Crippen LogP contribution in [0, 0.1) is 0 Å². The molecule has 1 heterocycles. The number of rotatable bonds is 4. The molecule has 130 valence electrons. The number of methoxy groups -OCH3 is 2. The van der Waals surface area contributed by atoms with Crippen LogP contribution >= 0.6 is 0 Å². The van der Waals surface area contributed by atoms with Gasteiger partial charge in [-0.1, -0.05) is 24.3 Å². The molecule has 0 atom stereocenters. The monoisotopic (exact) mass is 347 g/mol. The van der Waals surface area contributed by atoms with Gasteiger partial charge in [0.15, 0.2) is 11.5 Å². The number of nitrogens with one attached hydrogen (secondary N) is 1. The average molecular weight is 347 g/mol. The van der Waals surface area contributed by atoms with Gasteiger partial charge in [-0.15, -0.1) is 0 Å². The standard InChI is InChI=1S/C21H17NO4/c1-24-19-9-5-7-15(20(19)25-2)21(23)26-13-10-11-18-16(12-13)14-6-3-4-8-17(14)22-18/h3-12,22H,1-2H3. The van der Waals surface area contributed by atoms with Crippen molar-refractivity contribution in [2.75, 3.05) is 14.2 Å². The van der Waals surface area contributed by atoms with Gasteiger partial charge in [0, 0.05) is 21.8 Å². The summed E-state index contributed by atoms with van der Waals surface area (Å²) in [6, 6.07) is 18.6. The van der Waals surface area contributed by atoms with Crippen LogP contribution in [0.4, 0.5) is 0 Å². The third-order valence-electron chi connectivity index (χ3n) is 4.31. The lowest BCUT2D eigenvalue weighted by Crippen LogP contribution is -2.10. The maximum absolute atomic E-state index is 12.6. The number of H-pyrrole nitrogens is 1. The molecular formula is C21H17NO4. The van der Waals surface area contributed by atoms with E-state index in [-0.39, 0.29) is 0 Å². The molecule has 0 spiro atoms. The van der Waals surface area contributed by atoms with Crippen LogP contribution in [-0.4, -0.2) is 25.2 Å².